The number of amides is 1. The van der Waals surface area contributed by atoms with Gasteiger partial charge in [0.2, 0.25) is 0 Å². The van der Waals surface area contributed by atoms with Crippen LogP contribution in [0, 0.1) is 0 Å². The summed E-state index contributed by atoms with van der Waals surface area (Å²) in [4.78, 5) is 14.1. The van der Waals surface area contributed by atoms with Gasteiger partial charge < -0.3 is 4.90 Å². The van der Waals surface area contributed by atoms with Crippen LogP contribution in [-0.4, -0.2) is 32.8 Å². The van der Waals surface area contributed by atoms with Crippen molar-refractivity contribution in [1.82, 2.24) is 20.3 Å². The molecule has 88 valence electrons. The van der Waals surface area contributed by atoms with Crippen LogP contribution in [0.2, 0.25) is 0 Å². The molecule has 1 unspecified atom stereocenters. The molecule has 0 aromatic carbocycles. The molecule has 2 aromatic heterocycles. The summed E-state index contributed by atoms with van der Waals surface area (Å²) in [6, 6.07) is 2.29. The van der Waals surface area contributed by atoms with Crippen molar-refractivity contribution in [3.05, 3.63) is 34.3 Å². The summed E-state index contributed by atoms with van der Waals surface area (Å²) in [6.45, 7) is 0.798. The molecule has 6 heteroatoms. The van der Waals surface area contributed by atoms with E-state index in [2.05, 4.69) is 26.9 Å². The van der Waals surface area contributed by atoms with Crippen LogP contribution in [0.15, 0.2) is 23.0 Å². The predicted octanol–water partition coefficient (Wildman–Crippen LogP) is 1.84. The Morgan fingerprint density at radius 1 is 1.59 bits per heavy atom. The van der Waals surface area contributed by atoms with Crippen LogP contribution in [0.4, 0.5) is 0 Å². The lowest BCUT2D eigenvalue weighted by molar-refractivity contribution is 0.0730. The molecule has 0 saturated carbocycles. The molecule has 1 fully saturated rings. The number of likely N-dealkylation sites (tertiary alicyclic amines) is 1. The minimum Gasteiger partial charge on any atom is -0.330 e. The summed E-state index contributed by atoms with van der Waals surface area (Å²) in [5.74, 6) is -0.0348. The lowest BCUT2D eigenvalue weighted by Crippen LogP contribution is -2.30. The third-order valence-electron chi connectivity index (χ3n) is 3.08. The van der Waals surface area contributed by atoms with Crippen molar-refractivity contribution < 1.29 is 4.79 Å². The molecule has 17 heavy (non-hydrogen) atoms. The van der Waals surface area contributed by atoms with E-state index < -0.39 is 0 Å². The third-order valence-corrected chi connectivity index (χ3v) is 3.78. The van der Waals surface area contributed by atoms with Gasteiger partial charge in [-0.3, -0.25) is 4.79 Å². The monoisotopic (exact) mass is 248 g/mol. The van der Waals surface area contributed by atoms with Crippen LogP contribution in [0.3, 0.4) is 0 Å². The van der Waals surface area contributed by atoms with Gasteiger partial charge in [-0.1, -0.05) is 0 Å². The van der Waals surface area contributed by atoms with Gasteiger partial charge in [0, 0.05) is 6.54 Å². The lowest BCUT2D eigenvalue weighted by Gasteiger charge is -2.23. The van der Waals surface area contributed by atoms with Gasteiger partial charge in [-0.15, -0.1) is 0 Å². The largest absolute Gasteiger partial charge is 0.330 e. The van der Waals surface area contributed by atoms with Crippen LogP contribution in [0.5, 0.6) is 0 Å². The molecule has 0 bridgehead atoms. The molecule has 3 heterocycles. The normalized spacial score (nSPS) is 19.8. The van der Waals surface area contributed by atoms with Gasteiger partial charge >= 0.3 is 0 Å². The topological polar surface area (TPSA) is 61.9 Å². The predicted molar refractivity (Wildman–Crippen MR) is 63.7 cm³/mol. The molecule has 1 atom stereocenters. The first-order chi connectivity index (χ1) is 8.36. The number of carbonyl (C=O) groups excluding carboxylic acids is 1. The molecule has 1 N–H and O–H groups in total. The number of hydrogen-bond acceptors (Lipinski definition) is 4. The number of aromatic nitrogens is 3. The molecular formula is C11H12N4OS. The van der Waals surface area contributed by atoms with E-state index >= 15 is 0 Å². The molecule has 5 nitrogen and oxygen atoms in total. The average Bonchev–Trinajstić information content (AvgIpc) is 3.09. The standard InChI is InChI=1S/C11H12N4OS/c16-11(9-6-12-14-13-9)15-4-1-2-10(15)8-3-5-17-7-8/h3,5-7,10H,1-2,4H2,(H,12,13,14). The maximum atomic E-state index is 12.2. The quantitative estimate of drug-likeness (QED) is 0.882. The van der Waals surface area contributed by atoms with Gasteiger partial charge in [0.15, 0.2) is 5.69 Å². The number of carbonyl (C=O) groups is 1. The van der Waals surface area contributed by atoms with Crippen molar-refractivity contribution >= 4 is 17.2 Å². The van der Waals surface area contributed by atoms with Crippen LogP contribution < -0.4 is 0 Å². The van der Waals surface area contributed by atoms with Gasteiger partial charge in [-0.2, -0.15) is 26.7 Å². The number of thiophene rings is 1. The summed E-state index contributed by atoms with van der Waals surface area (Å²) in [7, 11) is 0. The molecule has 1 amide bonds. The second-order valence-corrected chi connectivity index (χ2v) is 4.85. The molecule has 1 saturated heterocycles. The molecule has 3 rings (SSSR count). The summed E-state index contributed by atoms with van der Waals surface area (Å²) in [6.07, 6.45) is 3.55. The minimum atomic E-state index is -0.0348. The van der Waals surface area contributed by atoms with Gasteiger partial charge in [0.1, 0.15) is 0 Å². The molecule has 1 aliphatic rings. The van der Waals surface area contributed by atoms with Gasteiger partial charge in [0.05, 0.1) is 12.2 Å². The summed E-state index contributed by atoms with van der Waals surface area (Å²) in [5.41, 5.74) is 1.62. The van der Waals surface area contributed by atoms with Gasteiger partial charge in [0.25, 0.3) is 5.91 Å². The van der Waals surface area contributed by atoms with Crippen molar-refractivity contribution in [3.63, 3.8) is 0 Å². The molecule has 0 aliphatic carbocycles. The van der Waals surface area contributed by atoms with Crippen LogP contribution in [0.1, 0.15) is 34.9 Å². The smallest absolute Gasteiger partial charge is 0.276 e. The first kappa shape index (κ1) is 10.5. The van der Waals surface area contributed by atoms with Crippen molar-refractivity contribution in [2.75, 3.05) is 6.54 Å². The Morgan fingerprint density at radius 3 is 3.24 bits per heavy atom. The zero-order valence-electron chi connectivity index (χ0n) is 9.17. The van der Waals surface area contributed by atoms with Crippen molar-refractivity contribution in [3.8, 4) is 0 Å². The molecule has 0 spiro atoms. The number of aromatic amines is 1. The van der Waals surface area contributed by atoms with Crippen molar-refractivity contribution in [2.24, 2.45) is 0 Å². The highest BCUT2D eigenvalue weighted by molar-refractivity contribution is 7.07. The van der Waals surface area contributed by atoms with Crippen molar-refractivity contribution in [1.29, 1.82) is 0 Å². The van der Waals surface area contributed by atoms with Crippen molar-refractivity contribution in [2.45, 2.75) is 18.9 Å². The number of rotatable bonds is 2. The van der Waals surface area contributed by atoms with E-state index in [4.69, 9.17) is 0 Å². The number of hydrogen-bond donors (Lipinski definition) is 1. The second kappa shape index (κ2) is 4.29. The Kier molecular flexibility index (Phi) is 2.64. The highest BCUT2D eigenvalue weighted by Crippen LogP contribution is 2.33. The Balaban J connectivity index is 1.85. The van der Waals surface area contributed by atoms with E-state index in [1.807, 2.05) is 10.3 Å². The Morgan fingerprint density at radius 2 is 2.53 bits per heavy atom. The SMILES string of the molecule is O=C(c1cn[nH]n1)N1CCCC1c1ccsc1. The first-order valence-electron chi connectivity index (χ1n) is 5.55. The number of nitrogens with zero attached hydrogens (tertiary/aromatic N) is 3. The van der Waals surface area contributed by atoms with E-state index in [1.165, 1.54) is 11.8 Å². The Bertz CT molecular complexity index is 494. The van der Waals surface area contributed by atoms with Gasteiger partial charge in [-0.25, -0.2) is 0 Å². The third kappa shape index (κ3) is 1.84. The lowest BCUT2D eigenvalue weighted by atomic mass is 10.1. The fourth-order valence-corrected chi connectivity index (χ4v) is 2.98. The van der Waals surface area contributed by atoms with Crippen LogP contribution >= 0.6 is 11.3 Å². The van der Waals surface area contributed by atoms with E-state index in [9.17, 15) is 4.79 Å². The van der Waals surface area contributed by atoms with Crippen LogP contribution in [-0.2, 0) is 0 Å². The molecule has 1 aliphatic heterocycles. The van der Waals surface area contributed by atoms with E-state index in [1.54, 1.807) is 11.3 Å². The summed E-state index contributed by atoms with van der Waals surface area (Å²) in [5, 5.41) is 14.2. The van der Waals surface area contributed by atoms with E-state index in [-0.39, 0.29) is 11.9 Å². The molecule has 2 aromatic rings. The summed E-state index contributed by atoms with van der Waals surface area (Å²) >= 11 is 1.67. The average molecular weight is 248 g/mol. The maximum Gasteiger partial charge on any atom is 0.276 e. The number of H-pyrrole nitrogens is 1. The zero-order valence-corrected chi connectivity index (χ0v) is 9.98. The highest BCUT2D eigenvalue weighted by atomic mass is 32.1. The fourth-order valence-electron chi connectivity index (χ4n) is 2.27. The van der Waals surface area contributed by atoms with Gasteiger partial charge in [-0.05, 0) is 35.2 Å². The Labute approximate surface area is 102 Å². The Hall–Kier alpha value is -1.69. The highest BCUT2D eigenvalue weighted by Gasteiger charge is 2.31. The van der Waals surface area contributed by atoms with E-state index in [0.717, 1.165) is 19.4 Å². The van der Waals surface area contributed by atoms with E-state index in [0.29, 0.717) is 5.69 Å². The fraction of sp³-hybridized carbons (Fsp3) is 0.364. The van der Waals surface area contributed by atoms with Crippen LogP contribution in [0.25, 0.3) is 0 Å². The second-order valence-electron chi connectivity index (χ2n) is 4.07. The molecular weight excluding hydrogens is 236 g/mol. The number of nitrogens with one attached hydrogen (secondary N) is 1. The minimum absolute atomic E-state index is 0.0348. The summed E-state index contributed by atoms with van der Waals surface area (Å²) < 4.78 is 0. The molecule has 0 radical (unpaired) electrons. The zero-order chi connectivity index (χ0) is 11.7. The first-order valence-corrected chi connectivity index (χ1v) is 6.49. The maximum absolute atomic E-state index is 12.2.